The van der Waals surface area contributed by atoms with E-state index >= 15 is 0 Å². The molecular formula is C23H32N4O2. The Morgan fingerprint density at radius 1 is 1.07 bits per heavy atom. The standard InChI is InChI=1S/C23H32N4O2/c1-6-14-26(22(29)24-23(2,3)4)18-21(28)27(16-19-11-8-7-9-12-19)17-20-13-10-15-25(20)5/h6-13,15H,1,14,16-18H2,2-5H3,(H,24,29). The van der Waals surface area contributed by atoms with E-state index in [1.807, 2.05) is 81.0 Å². The van der Waals surface area contributed by atoms with Crippen LogP contribution in [-0.4, -0.2) is 44.9 Å². The first-order valence-electron chi connectivity index (χ1n) is 9.79. The van der Waals surface area contributed by atoms with E-state index in [4.69, 9.17) is 0 Å². The highest BCUT2D eigenvalue weighted by molar-refractivity contribution is 5.84. The van der Waals surface area contributed by atoms with Gasteiger partial charge in [-0.05, 0) is 38.5 Å². The van der Waals surface area contributed by atoms with Crippen LogP contribution in [0.1, 0.15) is 32.0 Å². The van der Waals surface area contributed by atoms with Crippen molar-refractivity contribution in [2.75, 3.05) is 13.1 Å². The van der Waals surface area contributed by atoms with Gasteiger partial charge in [0.15, 0.2) is 0 Å². The predicted octanol–water partition coefficient (Wildman–Crippen LogP) is 3.55. The van der Waals surface area contributed by atoms with Crippen LogP contribution in [0.5, 0.6) is 0 Å². The molecule has 0 aliphatic rings. The number of carbonyl (C=O) groups is 2. The number of hydrogen-bond acceptors (Lipinski definition) is 2. The van der Waals surface area contributed by atoms with Crippen LogP contribution in [-0.2, 0) is 24.9 Å². The molecule has 1 N–H and O–H groups in total. The number of carbonyl (C=O) groups excluding carboxylic acids is 2. The van der Waals surface area contributed by atoms with E-state index in [0.717, 1.165) is 11.3 Å². The van der Waals surface area contributed by atoms with Crippen molar-refractivity contribution >= 4 is 11.9 Å². The second kappa shape index (κ2) is 9.96. The monoisotopic (exact) mass is 396 g/mol. The average molecular weight is 397 g/mol. The molecule has 0 aliphatic carbocycles. The molecule has 0 bridgehead atoms. The van der Waals surface area contributed by atoms with Crippen LogP contribution in [0.25, 0.3) is 0 Å². The summed E-state index contributed by atoms with van der Waals surface area (Å²) in [4.78, 5) is 29.1. The van der Waals surface area contributed by atoms with Gasteiger partial charge in [0.1, 0.15) is 6.54 Å². The van der Waals surface area contributed by atoms with Crippen LogP contribution in [0.2, 0.25) is 0 Å². The predicted molar refractivity (Wildman–Crippen MR) is 116 cm³/mol. The number of rotatable bonds is 8. The van der Waals surface area contributed by atoms with Crippen molar-refractivity contribution in [3.8, 4) is 0 Å². The number of nitrogens with zero attached hydrogens (tertiary/aromatic N) is 3. The van der Waals surface area contributed by atoms with Crippen LogP contribution in [0.4, 0.5) is 4.79 Å². The van der Waals surface area contributed by atoms with Crippen molar-refractivity contribution in [1.82, 2.24) is 19.7 Å². The lowest BCUT2D eigenvalue weighted by atomic mass is 10.1. The number of aryl methyl sites for hydroxylation is 1. The summed E-state index contributed by atoms with van der Waals surface area (Å²) in [6, 6.07) is 13.6. The van der Waals surface area contributed by atoms with Crippen molar-refractivity contribution in [2.24, 2.45) is 7.05 Å². The molecule has 3 amide bonds. The van der Waals surface area contributed by atoms with Gasteiger partial charge < -0.3 is 19.7 Å². The smallest absolute Gasteiger partial charge is 0.318 e. The van der Waals surface area contributed by atoms with Crippen molar-refractivity contribution in [3.63, 3.8) is 0 Å². The van der Waals surface area contributed by atoms with E-state index in [-0.39, 0.29) is 24.0 Å². The maximum atomic E-state index is 13.2. The Labute approximate surface area is 173 Å². The van der Waals surface area contributed by atoms with Crippen molar-refractivity contribution in [2.45, 2.75) is 39.4 Å². The third kappa shape index (κ3) is 7.14. The van der Waals surface area contributed by atoms with E-state index in [1.54, 1.807) is 11.0 Å². The van der Waals surface area contributed by atoms with Gasteiger partial charge in [0.05, 0.1) is 6.54 Å². The first-order valence-corrected chi connectivity index (χ1v) is 9.79. The molecule has 1 heterocycles. The van der Waals surface area contributed by atoms with Gasteiger partial charge in [-0.25, -0.2) is 4.79 Å². The zero-order valence-corrected chi connectivity index (χ0v) is 17.9. The molecule has 6 nitrogen and oxygen atoms in total. The lowest BCUT2D eigenvalue weighted by Gasteiger charge is -2.30. The molecule has 0 fully saturated rings. The summed E-state index contributed by atoms with van der Waals surface area (Å²) in [5, 5.41) is 2.92. The molecule has 2 aromatic rings. The summed E-state index contributed by atoms with van der Waals surface area (Å²) in [7, 11) is 1.96. The van der Waals surface area contributed by atoms with Crippen LogP contribution >= 0.6 is 0 Å². The maximum absolute atomic E-state index is 13.2. The minimum absolute atomic E-state index is 0.00874. The molecular weight excluding hydrogens is 364 g/mol. The third-order valence-corrected chi connectivity index (χ3v) is 4.42. The highest BCUT2D eigenvalue weighted by Crippen LogP contribution is 2.12. The summed E-state index contributed by atoms with van der Waals surface area (Å²) in [5.41, 5.74) is 1.69. The van der Waals surface area contributed by atoms with E-state index in [0.29, 0.717) is 19.6 Å². The van der Waals surface area contributed by atoms with E-state index in [1.165, 1.54) is 4.90 Å². The Morgan fingerprint density at radius 2 is 1.76 bits per heavy atom. The zero-order chi connectivity index (χ0) is 21.4. The molecule has 6 heteroatoms. The minimum atomic E-state index is -0.383. The van der Waals surface area contributed by atoms with Crippen molar-refractivity contribution < 1.29 is 9.59 Å². The van der Waals surface area contributed by atoms with Crippen LogP contribution in [0, 0.1) is 0 Å². The molecule has 29 heavy (non-hydrogen) atoms. The number of amides is 3. The number of urea groups is 1. The lowest BCUT2D eigenvalue weighted by Crippen LogP contribution is -2.51. The van der Waals surface area contributed by atoms with Crippen molar-refractivity contribution in [1.29, 1.82) is 0 Å². The topological polar surface area (TPSA) is 57.6 Å². The Balaban J connectivity index is 2.18. The summed E-state index contributed by atoms with van der Waals surface area (Å²) < 4.78 is 2.00. The second-order valence-corrected chi connectivity index (χ2v) is 8.20. The molecule has 0 unspecified atom stereocenters. The summed E-state index contributed by atoms with van der Waals surface area (Å²) in [6.45, 7) is 10.7. The Morgan fingerprint density at radius 3 is 2.31 bits per heavy atom. The van der Waals surface area contributed by atoms with Gasteiger partial charge in [-0.1, -0.05) is 36.4 Å². The first kappa shape index (κ1) is 22.3. The van der Waals surface area contributed by atoms with Crippen LogP contribution in [0.15, 0.2) is 61.3 Å². The van der Waals surface area contributed by atoms with Gasteiger partial charge in [-0.3, -0.25) is 4.79 Å². The molecule has 0 aliphatic heterocycles. The molecule has 0 saturated carbocycles. The Bertz CT molecular complexity index is 821. The Kier molecular flexibility index (Phi) is 7.65. The van der Waals surface area contributed by atoms with Gasteiger partial charge >= 0.3 is 6.03 Å². The quantitative estimate of drug-likeness (QED) is 0.694. The largest absolute Gasteiger partial charge is 0.353 e. The number of nitrogens with one attached hydrogen (secondary N) is 1. The molecule has 0 spiro atoms. The number of hydrogen-bond donors (Lipinski definition) is 1. The lowest BCUT2D eigenvalue weighted by molar-refractivity contribution is -0.133. The zero-order valence-electron chi connectivity index (χ0n) is 17.9. The normalized spacial score (nSPS) is 11.0. The maximum Gasteiger partial charge on any atom is 0.318 e. The van der Waals surface area contributed by atoms with Gasteiger partial charge in [0.25, 0.3) is 0 Å². The first-order chi connectivity index (χ1) is 13.7. The van der Waals surface area contributed by atoms with Gasteiger partial charge in [0, 0.05) is 37.6 Å². The highest BCUT2D eigenvalue weighted by Gasteiger charge is 2.24. The molecule has 0 saturated heterocycles. The highest BCUT2D eigenvalue weighted by atomic mass is 16.2. The average Bonchev–Trinajstić information content (AvgIpc) is 3.05. The molecule has 2 rings (SSSR count). The Hall–Kier alpha value is -3.02. The molecule has 0 atom stereocenters. The fourth-order valence-corrected chi connectivity index (χ4v) is 2.93. The second-order valence-electron chi connectivity index (χ2n) is 8.20. The number of benzene rings is 1. The van der Waals surface area contributed by atoms with E-state index in [2.05, 4.69) is 11.9 Å². The van der Waals surface area contributed by atoms with E-state index in [9.17, 15) is 9.59 Å². The van der Waals surface area contributed by atoms with E-state index < -0.39 is 0 Å². The van der Waals surface area contributed by atoms with Gasteiger partial charge in [-0.2, -0.15) is 0 Å². The van der Waals surface area contributed by atoms with Crippen LogP contribution in [0.3, 0.4) is 0 Å². The van der Waals surface area contributed by atoms with Crippen LogP contribution < -0.4 is 5.32 Å². The van der Waals surface area contributed by atoms with Crippen molar-refractivity contribution in [3.05, 3.63) is 72.6 Å². The molecule has 1 aromatic heterocycles. The molecule has 0 radical (unpaired) electrons. The fraction of sp³-hybridized carbons (Fsp3) is 0.391. The SMILES string of the molecule is C=CCN(CC(=O)N(Cc1ccccc1)Cc1cccn1C)C(=O)NC(C)(C)C. The minimum Gasteiger partial charge on any atom is -0.353 e. The third-order valence-electron chi connectivity index (χ3n) is 4.42. The summed E-state index contributed by atoms with van der Waals surface area (Å²) in [5.74, 6) is -0.110. The molecule has 1 aromatic carbocycles. The fourth-order valence-electron chi connectivity index (χ4n) is 2.93. The van der Waals surface area contributed by atoms with Gasteiger partial charge in [0.2, 0.25) is 5.91 Å². The summed E-state index contributed by atoms with van der Waals surface area (Å²) in [6.07, 6.45) is 3.59. The number of aromatic nitrogens is 1. The summed E-state index contributed by atoms with van der Waals surface area (Å²) >= 11 is 0. The van der Waals surface area contributed by atoms with Gasteiger partial charge in [-0.15, -0.1) is 6.58 Å². The molecule has 156 valence electrons.